The van der Waals surface area contributed by atoms with Crippen LogP contribution in [0.1, 0.15) is 32.0 Å². The summed E-state index contributed by atoms with van der Waals surface area (Å²) < 4.78 is 8.50. The molecule has 6 rings (SSSR count). The molecule has 0 fully saturated rings. The predicted octanol–water partition coefficient (Wildman–Crippen LogP) is 6.99. The van der Waals surface area contributed by atoms with Crippen LogP contribution in [0.2, 0.25) is 0 Å². The minimum atomic E-state index is -0.0908. The second-order valence-electron chi connectivity index (χ2n) is 9.50. The number of benzene rings is 2. The number of aromatic nitrogens is 4. The first-order valence-electron chi connectivity index (χ1n) is 11.1. The van der Waals surface area contributed by atoms with Gasteiger partial charge in [0.1, 0.15) is 11.4 Å². The molecule has 0 spiro atoms. The highest BCUT2D eigenvalue weighted by Crippen LogP contribution is 2.39. The van der Waals surface area contributed by atoms with E-state index in [4.69, 9.17) is 9.40 Å². The maximum Gasteiger partial charge on any atom is 0.227 e. The van der Waals surface area contributed by atoms with Crippen LogP contribution in [0, 0.1) is 6.92 Å². The van der Waals surface area contributed by atoms with Gasteiger partial charge in [-0.15, -0.1) is 0 Å². The molecular formula is C28H24N4O. The summed E-state index contributed by atoms with van der Waals surface area (Å²) in [6.07, 6.45) is 3.83. The van der Waals surface area contributed by atoms with Crippen LogP contribution in [0.5, 0.6) is 0 Å². The Kier molecular flexibility index (Phi) is 4.18. The third-order valence-electron chi connectivity index (χ3n) is 6.14. The van der Waals surface area contributed by atoms with Gasteiger partial charge in [-0.2, -0.15) is 0 Å². The Morgan fingerprint density at radius 1 is 0.818 bits per heavy atom. The molecule has 0 aliphatic heterocycles. The van der Waals surface area contributed by atoms with Crippen molar-refractivity contribution in [2.24, 2.45) is 0 Å². The number of hydrogen-bond acceptors (Lipinski definition) is 4. The van der Waals surface area contributed by atoms with Crippen LogP contribution in [0.15, 0.2) is 77.5 Å². The molecular weight excluding hydrogens is 408 g/mol. The Bertz CT molecular complexity index is 1650. The molecule has 0 radical (unpaired) electrons. The first-order valence-corrected chi connectivity index (χ1v) is 11.1. The standard InChI is InChI=1S/C28H24N4O/c1-17-13-14-20-19-11-8-12-21(25(19)33-27(20)30-17)26-31-24-22(28(2,3)4)15-29-16-23(24)32(26)18-9-6-5-7-10-18/h5-16H,1-4H3. The van der Waals surface area contributed by atoms with Gasteiger partial charge in [-0.25, -0.2) is 9.97 Å². The molecule has 0 aliphatic carbocycles. The number of imidazole rings is 1. The monoisotopic (exact) mass is 432 g/mol. The lowest BCUT2D eigenvalue weighted by molar-refractivity contribution is 0.592. The molecule has 4 aromatic heterocycles. The van der Waals surface area contributed by atoms with Crippen LogP contribution in [0.4, 0.5) is 0 Å². The largest absolute Gasteiger partial charge is 0.437 e. The Morgan fingerprint density at radius 2 is 1.64 bits per heavy atom. The fraction of sp³-hybridized carbons (Fsp3) is 0.179. The number of pyridine rings is 2. The van der Waals surface area contributed by atoms with Crippen LogP contribution in [-0.2, 0) is 5.41 Å². The Hall–Kier alpha value is -3.99. The van der Waals surface area contributed by atoms with Crippen LogP contribution < -0.4 is 0 Å². The molecule has 5 nitrogen and oxygen atoms in total. The zero-order valence-corrected chi connectivity index (χ0v) is 19.1. The van der Waals surface area contributed by atoms with E-state index in [1.54, 1.807) is 0 Å². The van der Waals surface area contributed by atoms with Gasteiger partial charge < -0.3 is 4.42 Å². The molecule has 0 bridgehead atoms. The SMILES string of the molecule is Cc1ccc2c(n1)oc1c(-c3nc4c(C(C)(C)C)cncc4n3-c3ccccc3)cccc12. The van der Waals surface area contributed by atoms with Gasteiger partial charge >= 0.3 is 0 Å². The van der Waals surface area contributed by atoms with E-state index in [1.165, 1.54) is 0 Å². The highest BCUT2D eigenvalue weighted by atomic mass is 16.3. The molecule has 0 N–H and O–H groups in total. The van der Waals surface area contributed by atoms with E-state index in [9.17, 15) is 0 Å². The molecule has 0 atom stereocenters. The molecule has 6 aromatic rings. The van der Waals surface area contributed by atoms with Crippen LogP contribution in [-0.4, -0.2) is 19.5 Å². The zero-order valence-electron chi connectivity index (χ0n) is 19.1. The van der Waals surface area contributed by atoms with Gasteiger partial charge in [0.15, 0.2) is 0 Å². The number of hydrogen-bond donors (Lipinski definition) is 0. The van der Waals surface area contributed by atoms with Crippen LogP contribution in [0.3, 0.4) is 0 Å². The number of nitrogens with zero attached hydrogens (tertiary/aromatic N) is 4. The van der Waals surface area contributed by atoms with Gasteiger partial charge in [-0.1, -0.05) is 51.1 Å². The van der Waals surface area contributed by atoms with Crippen molar-refractivity contribution in [2.75, 3.05) is 0 Å². The van der Waals surface area contributed by atoms with Crippen molar-refractivity contribution in [2.45, 2.75) is 33.1 Å². The van der Waals surface area contributed by atoms with Gasteiger partial charge in [-0.3, -0.25) is 9.55 Å². The summed E-state index contributed by atoms with van der Waals surface area (Å²) >= 11 is 0. The number of fused-ring (bicyclic) bond motifs is 4. The molecule has 33 heavy (non-hydrogen) atoms. The summed E-state index contributed by atoms with van der Waals surface area (Å²) in [6, 6.07) is 20.6. The highest BCUT2D eigenvalue weighted by molar-refractivity contribution is 6.08. The third kappa shape index (κ3) is 3.04. The van der Waals surface area contributed by atoms with Gasteiger partial charge in [0.25, 0.3) is 0 Å². The topological polar surface area (TPSA) is 56.7 Å². The van der Waals surface area contributed by atoms with E-state index < -0.39 is 0 Å². The molecule has 0 unspecified atom stereocenters. The Labute approximate surface area is 191 Å². The molecule has 0 saturated carbocycles. The fourth-order valence-corrected chi connectivity index (χ4v) is 4.51. The first-order chi connectivity index (χ1) is 15.9. The van der Waals surface area contributed by atoms with Crippen molar-refractivity contribution in [3.63, 3.8) is 0 Å². The van der Waals surface area contributed by atoms with E-state index in [0.717, 1.165) is 55.7 Å². The molecule has 0 saturated heterocycles. The van der Waals surface area contributed by atoms with Crippen LogP contribution >= 0.6 is 0 Å². The van der Waals surface area contributed by atoms with Crippen molar-refractivity contribution in [3.8, 4) is 17.1 Å². The second-order valence-corrected chi connectivity index (χ2v) is 9.50. The Balaban J connectivity index is 1.75. The van der Waals surface area contributed by atoms with Crippen molar-refractivity contribution in [1.29, 1.82) is 0 Å². The lowest BCUT2D eigenvalue weighted by Crippen LogP contribution is -2.12. The van der Waals surface area contributed by atoms with Gasteiger partial charge in [0.2, 0.25) is 5.71 Å². The number of para-hydroxylation sites is 2. The summed E-state index contributed by atoms with van der Waals surface area (Å²) in [4.78, 5) is 14.4. The smallest absolute Gasteiger partial charge is 0.227 e. The lowest BCUT2D eigenvalue weighted by atomic mass is 9.87. The molecule has 2 aromatic carbocycles. The molecule has 162 valence electrons. The van der Waals surface area contributed by atoms with Crippen LogP contribution in [0.25, 0.3) is 50.2 Å². The zero-order chi connectivity index (χ0) is 22.7. The summed E-state index contributed by atoms with van der Waals surface area (Å²) in [5, 5.41) is 2.05. The summed E-state index contributed by atoms with van der Waals surface area (Å²) in [5.41, 5.74) is 7.30. The van der Waals surface area contributed by atoms with E-state index in [2.05, 4.69) is 71.7 Å². The predicted molar refractivity (Wildman–Crippen MR) is 133 cm³/mol. The lowest BCUT2D eigenvalue weighted by Gasteiger charge is -2.18. The molecule has 4 heterocycles. The Morgan fingerprint density at radius 3 is 2.42 bits per heavy atom. The van der Waals surface area contributed by atoms with Crippen molar-refractivity contribution in [1.82, 2.24) is 19.5 Å². The normalized spacial score (nSPS) is 12.2. The molecule has 0 amide bonds. The van der Waals surface area contributed by atoms with Crippen molar-refractivity contribution in [3.05, 3.63) is 84.3 Å². The second kappa shape index (κ2) is 7.01. The maximum atomic E-state index is 6.32. The average molecular weight is 433 g/mol. The van der Waals surface area contributed by atoms with E-state index in [0.29, 0.717) is 5.71 Å². The minimum absolute atomic E-state index is 0.0908. The summed E-state index contributed by atoms with van der Waals surface area (Å²) in [6.45, 7) is 8.55. The minimum Gasteiger partial charge on any atom is -0.437 e. The van der Waals surface area contributed by atoms with Gasteiger partial charge in [-0.05, 0) is 42.7 Å². The van der Waals surface area contributed by atoms with E-state index in [-0.39, 0.29) is 5.41 Å². The average Bonchev–Trinajstić information content (AvgIpc) is 3.36. The third-order valence-corrected chi connectivity index (χ3v) is 6.14. The number of aryl methyl sites for hydroxylation is 1. The quantitative estimate of drug-likeness (QED) is 0.296. The van der Waals surface area contributed by atoms with Gasteiger partial charge in [0.05, 0.1) is 22.8 Å². The highest BCUT2D eigenvalue weighted by Gasteiger charge is 2.25. The van der Waals surface area contributed by atoms with Gasteiger partial charge in [0, 0.05) is 33.9 Å². The van der Waals surface area contributed by atoms with E-state index >= 15 is 0 Å². The first kappa shape index (κ1) is 19.7. The van der Waals surface area contributed by atoms with E-state index in [1.807, 2.05) is 43.6 Å². The summed E-state index contributed by atoms with van der Waals surface area (Å²) in [7, 11) is 0. The summed E-state index contributed by atoms with van der Waals surface area (Å²) in [5.74, 6) is 0.830. The number of furan rings is 1. The van der Waals surface area contributed by atoms with Crippen molar-refractivity contribution >= 4 is 33.1 Å². The maximum absolute atomic E-state index is 6.32. The van der Waals surface area contributed by atoms with Crippen molar-refractivity contribution < 1.29 is 4.42 Å². The molecule has 0 aliphatic rings. The number of rotatable bonds is 2. The molecule has 5 heteroatoms. The fourth-order valence-electron chi connectivity index (χ4n) is 4.51.